The second kappa shape index (κ2) is 8.39. The van der Waals surface area contributed by atoms with E-state index in [1.807, 2.05) is 41.0 Å². The maximum atomic E-state index is 11.9. The van der Waals surface area contributed by atoms with E-state index in [9.17, 15) is 14.4 Å². The first kappa shape index (κ1) is 19.1. The Morgan fingerprint density at radius 3 is 2.40 bits per heavy atom. The van der Waals surface area contributed by atoms with Crippen LogP contribution < -0.4 is 15.4 Å². The molecule has 1 aliphatic heterocycles. The number of hydrogen-bond donors (Lipinski definition) is 2. The van der Waals surface area contributed by atoms with Crippen LogP contribution in [0.3, 0.4) is 0 Å². The number of rotatable bonds is 6. The first-order valence-electron chi connectivity index (χ1n) is 9.11. The maximum absolute atomic E-state index is 11.9. The van der Waals surface area contributed by atoms with Crippen molar-refractivity contribution in [3.8, 4) is 5.75 Å². The largest absolute Gasteiger partial charge is 0.487 e. The number of ether oxygens (including phenoxy) is 1. The lowest BCUT2D eigenvalue weighted by molar-refractivity contribution is -0.123. The minimum absolute atomic E-state index is 0.159. The highest BCUT2D eigenvalue weighted by molar-refractivity contribution is 6.31. The summed E-state index contributed by atoms with van der Waals surface area (Å²) >= 11 is 0. The van der Waals surface area contributed by atoms with Gasteiger partial charge in [-0.3, -0.25) is 20.2 Å². The van der Waals surface area contributed by atoms with E-state index < -0.39 is 17.8 Å². The summed E-state index contributed by atoms with van der Waals surface area (Å²) in [5.74, 6) is -1.06. The van der Waals surface area contributed by atoms with Crippen LogP contribution in [-0.2, 0) is 22.7 Å². The molecule has 2 aromatic carbocycles. The average molecular weight is 403 g/mol. The van der Waals surface area contributed by atoms with E-state index in [4.69, 9.17) is 4.74 Å². The Kier molecular flexibility index (Phi) is 5.33. The third-order valence-corrected chi connectivity index (χ3v) is 4.31. The zero-order valence-corrected chi connectivity index (χ0v) is 15.7. The van der Waals surface area contributed by atoms with E-state index in [-0.39, 0.29) is 12.2 Å². The fourth-order valence-corrected chi connectivity index (χ4v) is 2.90. The number of nitrogens with zero attached hydrogens (tertiary/aromatic N) is 3. The lowest BCUT2D eigenvalue weighted by atomic mass is 10.1. The zero-order valence-electron chi connectivity index (χ0n) is 15.7. The molecule has 4 amide bonds. The number of aromatic nitrogens is 3. The average Bonchev–Trinajstić information content (AvgIpc) is 3.18. The number of amides is 4. The molecule has 0 bridgehead atoms. The van der Waals surface area contributed by atoms with Crippen molar-refractivity contribution >= 4 is 23.9 Å². The summed E-state index contributed by atoms with van der Waals surface area (Å²) in [7, 11) is 0. The molecular weight excluding hydrogens is 386 g/mol. The van der Waals surface area contributed by atoms with Gasteiger partial charge in [-0.1, -0.05) is 53.7 Å². The summed E-state index contributed by atoms with van der Waals surface area (Å²) in [6, 6.07) is 16.0. The van der Waals surface area contributed by atoms with Crippen molar-refractivity contribution in [2.75, 3.05) is 0 Å². The molecule has 150 valence electrons. The van der Waals surface area contributed by atoms with Crippen molar-refractivity contribution in [2.45, 2.75) is 13.2 Å². The Balaban J connectivity index is 1.46. The lowest BCUT2D eigenvalue weighted by Crippen LogP contribution is -2.51. The highest BCUT2D eigenvalue weighted by Crippen LogP contribution is 2.22. The third-order valence-electron chi connectivity index (χ3n) is 4.31. The summed E-state index contributed by atoms with van der Waals surface area (Å²) in [5, 5.41) is 12.3. The fraction of sp³-hybridized carbons (Fsp3) is 0.0952. The molecule has 0 atom stereocenters. The van der Waals surface area contributed by atoms with E-state index in [1.54, 1.807) is 35.1 Å². The van der Waals surface area contributed by atoms with E-state index in [1.165, 1.54) is 6.08 Å². The number of carbonyl (C=O) groups excluding carboxylic acids is 3. The van der Waals surface area contributed by atoms with E-state index in [2.05, 4.69) is 10.3 Å². The zero-order chi connectivity index (χ0) is 20.9. The van der Waals surface area contributed by atoms with Crippen LogP contribution in [0.1, 0.15) is 16.8 Å². The summed E-state index contributed by atoms with van der Waals surface area (Å²) in [6.45, 7) is 0.755. The third kappa shape index (κ3) is 4.41. The Hall–Kier alpha value is -4.27. The molecule has 0 saturated carbocycles. The Morgan fingerprint density at radius 2 is 1.63 bits per heavy atom. The molecule has 0 spiro atoms. The van der Waals surface area contributed by atoms with Gasteiger partial charge in [-0.25, -0.2) is 9.48 Å². The molecule has 0 radical (unpaired) electrons. The van der Waals surface area contributed by atoms with Crippen LogP contribution >= 0.6 is 0 Å². The van der Waals surface area contributed by atoms with Gasteiger partial charge in [-0.15, -0.1) is 5.10 Å². The molecule has 0 aliphatic carbocycles. The summed E-state index contributed by atoms with van der Waals surface area (Å²) in [6.07, 6.45) is 3.17. The molecule has 9 nitrogen and oxygen atoms in total. The smallest absolute Gasteiger partial charge is 0.328 e. The van der Waals surface area contributed by atoms with Crippen molar-refractivity contribution in [2.24, 2.45) is 0 Å². The first-order chi connectivity index (χ1) is 14.6. The molecule has 2 heterocycles. The Morgan fingerprint density at radius 1 is 0.933 bits per heavy atom. The highest BCUT2D eigenvalue weighted by Gasteiger charge is 2.28. The lowest BCUT2D eigenvalue weighted by Gasteiger charge is -2.14. The van der Waals surface area contributed by atoms with Crippen molar-refractivity contribution in [3.63, 3.8) is 0 Å². The summed E-state index contributed by atoms with van der Waals surface area (Å²) in [5.41, 5.74) is 2.07. The monoisotopic (exact) mass is 403 g/mol. The number of nitrogens with one attached hydrogen (secondary N) is 2. The van der Waals surface area contributed by atoms with Crippen LogP contribution in [0.2, 0.25) is 0 Å². The fourth-order valence-electron chi connectivity index (χ4n) is 2.90. The van der Waals surface area contributed by atoms with Crippen LogP contribution in [-0.4, -0.2) is 32.8 Å². The van der Waals surface area contributed by atoms with E-state index in [0.29, 0.717) is 23.6 Å². The van der Waals surface area contributed by atoms with Gasteiger partial charge in [0, 0.05) is 5.56 Å². The topological polar surface area (TPSA) is 115 Å². The van der Waals surface area contributed by atoms with Gasteiger partial charge in [0.05, 0.1) is 12.7 Å². The number of hydrogen-bond acceptors (Lipinski definition) is 6. The minimum atomic E-state index is -0.842. The Labute approximate surface area is 171 Å². The van der Waals surface area contributed by atoms with Crippen LogP contribution in [0.5, 0.6) is 5.75 Å². The quantitative estimate of drug-likeness (QED) is 0.478. The van der Waals surface area contributed by atoms with Gasteiger partial charge in [0.15, 0.2) is 0 Å². The van der Waals surface area contributed by atoms with E-state index >= 15 is 0 Å². The van der Waals surface area contributed by atoms with Gasteiger partial charge in [-0.05, 0) is 17.7 Å². The molecule has 3 aromatic rings. The molecular formula is C21H17N5O4. The normalized spacial score (nSPS) is 13.6. The van der Waals surface area contributed by atoms with Crippen LogP contribution in [0.4, 0.5) is 4.79 Å². The molecule has 1 aromatic heterocycles. The molecule has 1 saturated heterocycles. The minimum Gasteiger partial charge on any atom is -0.487 e. The van der Waals surface area contributed by atoms with Crippen molar-refractivity contribution in [1.29, 1.82) is 0 Å². The SMILES string of the molecule is O=C1NC(=O)C(=Cc2ccccc2OCc2cn(Cc3ccccc3)nn2)C(=O)N1. The highest BCUT2D eigenvalue weighted by atomic mass is 16.5. The number of urea groups is 1. The van der Waals surface area contributed by atoms with E-state index in [0.717, 1.165) is 5.56 Å². The second-order valence-corrected chi connectivity index (χ2v) is 6.51. The van der Waals surface area contributed by atoms with Gasteiger partial charge >= 0.3 is 6.03 Å². The molecule has 30 heavy (non-hydrogen) atoms. The first-order valence-corrected chi connectivity index (χ1v) is 9.11. The van der Waals surface area contributed by atoms with Gasteiger partial charge in [-0.2, -0.15) is 0 Å². The van der Waals surface area contributed by atoms with Gasteiger partial charge < -0.3 is 4.74 Å². The molecule has 1 fully saturated rings. The maximum Gasteiger partial charge on any atom is 0.328 e. The summed E-state index contributed by atoms with van der Waals surface area (Å²) < 4.78 is 7.55. The van der Waals surface area contributed by atoms with Crippen LogP contribution in [0.15, 0.2) is 66.4 Å². The van der Waals surface area contributed by atoms with Gasteiger partial charge in [0.2, 0.25) is 0 Å². The number of para-hydroxylation sites is 1. The van der Waals surface area contributed by atoms with Gasteiger partial charge in [0.25, 0.3) is 11.8 Å². The molecule has 9 heteroatoms. The van der Waals surface area contributed by atoms with Gasteiger partial charge in [0.1, 0.15) is 23.6 Å². The number of carbonyl (C=O) groups is 3. The Bertz CT molecular complexity index is 1120. The van der Waals surface area contributed by atoms with Crippen LogP contribution in [0.25, 0.3) is 6.08 Å². The number of imide groups is 2. The second-order valence-electron chi connectivity index (χ2n) is 6.51. The van der Waals surface area contributed by atoms with Crippen molar-refractivity contribution in [1.82, 2.24) is 25.6 Å². The predicted molar refractivity (Wildman–Crippen MR) is 106 cm³/mol. The predicted octanol–water partition coefficient (Wildman–Crippen LogP) is 1.65. The molecule has 1 aliphatic rings. The summed E-state index contributed by atoms with van der Waals surface area (Å²) in [4.78, 5) is 35.1. The molecule has 0 unspecified atom stereocenters. The van der Waals surface area contributed by atoms with Crippen LogP contribution in [0, 0.1) is 0 Å². The molecule has 2 N–H and O–H groups in total. The van der Waals surface area contributed by atoms with Crippen molar-refractivity contribution in [3.05, 3.63) is 83.2 Å². The van der Waals surface area contributed by atoms with Crippen molar-refractivity contribution < 1.29 is 19.1 Å². The number of barbiturate groups is 1. The molecule has 4 rings (SSSR count). The standard InChI is InChI=1S/C21H17N5O4/c27-19-17(20(28)23-21(29)22-19)10-15-8-4-5-9-18(15)30-13-16-12-26(25-24-16)11-14-6-2-1-3-7-14/h1-10,12H,11,13H2,(H2,22,23,27,28,29). The number of benzene rings is 2.